The molecule has 6 nitrogen and oxygen atoms in total. The van der Waals surface area contributed by atoms with Crippen LogP contribution in [0, 0.1) is 6.92 Å². The number of amides is 1. The number of hydrogen-bond acceptors (Lipinski definition) is 6. The standard InChI is InChI=1S/C29H31N3O3S2/c1-3-4-14-34-23-12-13-25(20(2)16-23)27-21(18-32(30-27)22-9-6-5-7-10-22)17-26-28(33)31(29(36)37-26)19-24-11-8-15-35-24/h5-7,9-10,12-13,16-18,24H,3-4,8,11,14-15,19H2,1-2H3/b26-17-/t24-/m1/s1. The molecule has 5 rings (SSSR count). The molecule has 192 valence electrons. The van der Waals surface area contributed by atoms with E-state index in [2.05, 4.69) is 19.9 Å². The molecule has 2 saturated heterocycles. The van der Waals surface area contributed by atoms with E-state index in [9.17, 15) is 4.79 Å². The molecule has 0 N–H and O–H groups in total. The van der Waals surface area contributed by atoms with Crippen LogP contribution < -0.4 is 4.74 Å². The van der Waals surface area contributed by atoms with Crippen LogP contribution in [0.3, 0.4) is 0 Å². The van der Waals surface area contributed by atoms with E-state index in [0.717, 1.165) is 66.1 Å². The maximum atomic E-state index is 13.3. The predicted molar refractivity (Wildman–Crippen MR) is 153 cm³/mol. The number of nitrogens with zero attached hydrogens (tertiary/aromatic N) is 3. The molecule has 3 aromatic rings. The molecule has 0 aliphatic carbocycles. The van der Waals surface area contributed by atoms with Crippen LogP contribution in [-0.4, -0.2) is 50.8 Å². The second-order valence-electron chi connectivity index (χ2n) is 9.32. The topological polar surface area (TPSA) is 56.6 Å². The number of carbonyl (C=O) groups excluding carboxylic acids is 1. The highest BCUT2D eigenvalue weighted by Crippen LogP contribution is 2.36. The fraction of sp³-hybridized carbons (Fsp3) is 0.345. The van der Waals surface area contributed by atoms with Crippen molar-refractivity contribution in [3.8, 4) is 22.7 Å². The van der Waals surface area contributed by atoms with Crippen molar-refractivity contribution in [3.63, 3.8) is 0 Å². The van der Waals surface area contributed by atoms with Gasteiger partial charge in [-0.2, -0.15) is 5.10 Å². The average molecular weight is 534 g/mol. The zero-order chi connectivity index (χ0) is 25.8. The molecular weight excluding hydrogens is 502 g/mol. The van der Waals surface area contributed by atoms with Gasteiger partial charge in [0.1, 0.15) is 15.8 Å². The minimum absolute atomic E-state index is 0.0546. The summed E-state index contributed by atoms with van der Waals surface area (Å²) >= 11 is 6.91. The van der Waals surface area contributed by atoms with Gasteiger partial charge < -0.3 is 9.47 Å². The van der Waals surface area contributed by atoms with Crippen molar-refractivity contribution in [2.24, 2.45) is 0 Å². The average Bonchev–Trinajstić information content (AvgIpc) is 3.63. The summed E-state index contributed by atoms with van der Waals surface area (Å²) in [6.45, 7) is 6.18. The number of rotatable bonds is 9. The van der Waals surface area contributed by atoms with Crippen molar-refractivity contribution in [2.45, 2.75) is 45.6 Å². The molecule has 37 heavy (non-hydrogen) atoms. The third-order valence-electron chi connectivity index (χ3n) is 6.55. The number of thioether (sulfide) groups is 1. The summed E-state index contributed by atoms with van der Waals surface area (Å²) in [5.74, 6) is 0.786. The molecule has 2 aliphatic rings. The Balaban J connectivity index is 1.49. The van der Waals surface area contributed by atoms with E-state index in [0.29, 0.717) is 22.4 Å². The van der Waals surface area contributed by atoms with E-state index >= 15 is 0 Å². The maximum absolute atomic E-state index is 13.3. The van der Waals surface area contributed by atoms with Crippen molar-refractivity contribution < 1.29 is 14.3 Å². The van der Waals surface area contributed by atoms with Crippen LogP contribution in [0.1, 0.15) is 43.7 Å². The third kappa shape index (κ3) is 5.81. The highest BCUT2D eigenvalue weighted by molar-refractivity contribution is 8.26. The number of aromatic nitrogens is 2. The van der Waals surface area contributed by atoms with Gasteiger partial charge in [0, 0.05) is 23.9 Å². The zero-order valence-electron chi connectivity index (χ0n) is 21.2. The fourth-order valence-corrected chi connectivity index (χ4v) is 5.80. The van der Waals surface area contributed by atoms with Gasteiger partial charge in [-0.15, -0.1) is 0 Å². The minimum atomic E-state index is -0.0692. The first-order valence-corrected chi connectivity index (χ1v) is 14.0. The molecule has 2 aliphatic heterocycles. The fourth-order valence-electron chi connectivity index (χ4n) is 4.53. The molecule has 0 radical (unpaired) electrons. The number of para-hydroxylation sites is 1. The lowest BCUT2D eigenvalue weighted by Gasteiger charge is -2.18. The van der Waals surface area contributed by atoms with Crippen LogP contribution >= 0.6 is 24.0 Å². The van der Waals surface area contributed by atoms with E-state index in [1.165, 1.54) is 11.8 Å². The van der Waals surface area contributed by atoms with Gasteiger partial charge in [0.2, 0.25) is 0 Å². The van der Waals surface area contributed by atoms with Crippen LogP contribution in [0.15, 0.2) is 59.6 Å². The smallest absolute Gasteiger partial charge is 0.266 e. The third-order valence-corrected chi connectivity index (χ3v) is 7.93. The summed E-state index contributed by atoms with van der Waals surface area (Å²) in [4.78, 5) is 15.6. The maximum Gasteiger partial charge on any atom is 0.266 e. The Morgan fingerprint density at radius 3 is 2.81 bits per heavy atom. The normalized spacial score (nSPS) is 18.8. The van der Waals surface area contributed by atoms with Crippen LogP contribution in [0.5, 0.6) is 5.75 Å². The predicted octanol–water partition coefficient (Wildman–Crippen LogP) is 6.41. The minimum Gasteiger partial charge on any atom is -0.494 e. The molecule has 0 bridgehead atoms. The van der Waals surface area contributed by atoms with Crippen LogP contribution in [-0.2, 0) is 9.53 Å². The lowest BCUT2D eigenvalue weighted by molar-refractivity contribution is -0.123. The van der Waals surface area contributed by atoms with Gasteiger partial charge in [0.25, 0.3) is 5.91 Å². The van der Waals surface area contributed by atoms with Gasteiger partial charge in [-0.05, 0) is 68.2 Å². The SMILES string of the molecule is CCCCOc1ccc(-c2nn(-c3ccccc3)cc2/C=C2\SC(=S)N(C[C@H]3CCCO3)C2=O)c(C)c1. The van der Waals surface area contributed by atoms with Crippen molar-refractivity contribution in [2.75, 3.05) is 19.8 Å². The molecule has 1 amide bonds. The number of aryl methyl sites for hydroxylation is 1. The van der Waals surface area contributed by atoms with Gasteiger partial charge in [-0.3, -0.25) is 9.69 Å². The lowest BCUT2D eigenvalue weighted by Crippen LogP contribution is -2.35. The summed E-state index contributed by atoms with van der Waals surface area (Å²) in [6.07, 6.45) is 8.05. The number of carbonyl (C=O) groups is 1. The highest BCUT2D eigenvalue weighted by atomic mass is 32.2. The Morgan fingerprint density at radius 1 is 1.24 bits per heavy atom. The Morgan fingerprint density at radius 2 is 2.08 bits per heavy atom. The van der Waals surface area contributed by atoms with E-state index in [1.807, 2.05) is 59.4 Å². The Labute approximate surface area is 227 Å². The molecule has 0 unspecified atom stereocenters. The molecule has 2 aromatic carbocycles. The molecule has 3 heterocycles. The Kier molecular flexibility index (Phi) is 8.08. The van der Waals surface area contributed by atoms with Crippen LogP contribution in [0.4, 0.5) is 0 Å². The first-order chi connectivity index (χ1) is 18.0. The van der Waals surface area contributed by atoms with Gasteiger partial charge in [-0.25, -0.2) is 4.68 Å². The highest BCUT2D eigenvalue weighted by Gasteiger charge is 2.35. The molecule has 0 saturated carbocycles. The van der Waals surface area contributed by atoms with Gasteiger partial charge >= 0.3 is 0 Å². The second-order valence-corrected chi connectivity index (χ2v) is 11.0. The Hall–Kier alpha value is -2.94. The van der Waals surface area contributed by atoms with Gasteiger partial charge in [-0.1, -0.05) is 55.5 Å². The number of ether oxygens (including phenoxy) is 2. The van der Waals surface area contributed by atoms with Crippen LogP contribution in [0.25, 0.3) is 23.0 Å². The number of thiocarbonyl (C=S) groups is 1. The van der Waals surface area contributed by atoms with E-state index in [-0.39, 0.29) is 12.0 Å². The van der Waals surface area contributed by atoms with Crippen LogP contribution in [0.2, 0.25) is 0 Å². The first kappa shape index (κ1) is 25.7. The molecule has 8 heteroatoms. The molecular formula is C29H31N3O3S2. The van der Waals surface area contributed by atoms with Gasteiger partial charge in [0.05, 0.1) is 29.8 Å². The largest absolute Gasteiger partial charge is 0.494 e. The monoisotopic (exact) mass is 533 g/mol. The number of unbranched alkanes of at least 4 members (excludes halogenated alkanes) is 1. The molecule has 0 spiro atoms. The molecule has 2 fully saturated rings. The molecule has 1 aromatic heterocycles. The van der Waals surface area contributed by atoms with Crippen molar-refractivity contribution in [1.82, 2.24) is 14.7 Å². The van der Waals surface area contributed by atoms with E-state index in [1.54, 1.807) is 4.90 Å². The number of benzene rings is 2. The number of hydrogen-bond donors (Lipinski definition) is 0. The quantitative estimate of drug-likeness (QED) is 0.180. The zero-order valence-corrected chi connectivity index (χ0v) is 22.8. The van der Waals surface area contributed by atoms with E-state index in [4.69, 9.17) is 26.8 Å². The molecule has 1 atom stereocenters. The van der Waals surface area contributed by atoms with E-state index < -0.39 is 0 Å². The van der Waals surface area contributed by atoms with Gasteiger partial charge in [0.15, 0.2) is 0 Å². The second kappa shape index (κ2) is 11.6. The Bertz CT molecular complexity index is 1310. The summed E-state index contributed by atoms with van der Waals surface area (Å²) in [5.41, 5.74) is 4.69. The summed E-state index contributed by atoms with van der Waals surface area (Å²) in [5, 5.41) is 4.95. The first-order valence-electron chi connectivity index (χ1n) is 12.8. The van der Waals surface area contributed by atoms with Crippen molar-refractivity contribution >= 4 is 40.3 Å². The van der Waals surface area contributed by atoms with Crippen molar-refractivity contribution in [1.29, 1.82) is 0 Å². The summed E-state index contributed by atoms with van der Waals surface area (Å²) < 4.78 is 14.1. The summed E-state index contributed by atoms with van der Waals surface area (Å²) in [7, 11) is 0. The van der Waals surface area contributed by atoms with Crippen molar-refractivity contribution in [3.05, 3.63) is 70.8 Å². The lowest BCUT2D eigenvalue weighted by atomic mass is 10.0. The summed E-state index contributed by atoms with van der Waals surface area (Å²) in [6, 6.07) is 16.1.